The second-order valence-corrected chi connectivity index (χ2v) is 6.67. The Morgan fingerprint density at radius 1 is 1.22 bits per heavy atom. The summed E-state index contributed by atoms with van der Waals surface area (Å²) in [6.07, 6.45) is 1.68. The Balaban J connectivity index is 2.09. The number of hydrogen-bond acceptors (Lipinski definition) is 4. The highest BCUT2D eigenvalue weighted by Crippen LogP contribution is 2.16. The molecule has 0 atom stereocenters. The first-order chi connectivity index (χ1) is 13.0. The molecule has 0 unspecified atom stereocenters. The minimum absolute atomic E-state index is 0.215. The van der Waals surface area contributed by atoms with Crippen molar-refractivity contribution in [1.82, 2.24) is 9.38 Å². The fraction of sp³-hybridized carbons (Fsp3) is 0.143. The monoisotopic (exact) mass is 356 g/mol. The maximum absolute atomic E-state index is 13.0. The second kappa shape index (κ2) is 6.22. The van der Waals surface area contributed by atoms with E-state index in [1.54, 1.807) is 16.8 Å². The highest BCUT2D eigenvalue weighted by atomic mass is 16.1. The Morgan fingerprint density at radius 3 is 2.67 bits per heavy atom. The zero-order valence-corrected chi connectivity index (χ0v) is 15.1. The summed E-state index contributed by atoms with van der Waals surface area (Å²) in [5, 5.41) is 9.85. The summed E-state index contributed by atoms with van der Waals surface area (Å²) < 4.78 is 3.25. The molecular weight excluding hydrogens is 338 g/mol. The van der Waals surface area contributed by atoms with Gasteiger partial charge in [-0.15, -0.1) is 0 Å². The predicted octanol–water partition coefficient (Wildman–Crippen LogP) is 2.25. The van der Waals surface area contributed by atoms with Crippen molar-refractivity contribution in [3.8, 4) is 6.07 Å². The number of anilines is 1. The van der Waals surface area contributed by atoms with Gasteiger partial charge in [0.2, 0.25) is 11.5 Å². The smallest absolute Gasteiger partial charge is 0.278 e. The van der Waals surface area contributed by atoms with Crippen LogP contribution >= 0.6 is 0 Å². The van der Waals surface area contributed by atoms with Crippen LogP contribution in [0.4, 0.5) is 5.82 Å². The molecular formula is C21H18N5O+. The molecule has 27 heavy (non-hydrogen) atoms. The molecule has 0 amide bonds. The van der Waals surface area contributed by atoms with Gasteiger partial charge in [0.25, 0.3) is 11.2 Å². The standard InChI is InChI=1S/C21H17N5O/c1-13-5-7-15(8-6-13)12-26-18(23)16(11-22)10-17-20(26)24-19-14(2)4-3-9-25(19)21(17)27/h3-10,23H,12H2,1-2H3/p+1. The molecule has 6 nitrogen and oxygen atoms in total. The molecule has 0 fully saturated rings. The van der Waals surface area contributed by atoms with Crippen LogP contribution in [0.15, 0.2) is 53.5 Å². The summed E-state index contributed by atoms with van der Waals surface area (Å²) in [6, 6.07) is 15.4. The number of nitrogens with two attached hydrogens (primary N) is 1. The topological polar surface area (TPSA) is 88.1 Å². The molecule has 1 aromatic carbocycles. The van der Waals surface area contributed by atoms with Gasteiger partial charge in [0.15, 0.2) is 0 Å². The number of nitriles is 1. The average molecular weight is 356 g/mol. The van der Waals surface area contributed by atoms with Crippen molar-refractivity contribution >= 4 is 22.5 Å². The van der Waals surface area contributed by atoms with Gasteiger partial charge in [-0.3, -0.25) is 9.20 Å². The van der Waals surface area contributed by atoms with E-state index in [2.05, 4.69) is 6.07 Å². The minimum atomic E-state index is -0.215. The van der Waals surface area contributed by atoms with E-state index in [0.29, 0.717) is 29.0 Å². The van der Waals surface area contributed by atoms with Crippen molar-refractivity contribution in [2.24, 2.45) is 0 Å². The number of rotatable bonds is 2. The summed E-state index contributed by atoms with van der Waals surface area (Å²) in [5.41, 5.74) is 10.4. The second-order valence-electron chi connectivity index (χ2n) is 6.67. The molecule has 132 valence electrons. The molecule has 3 aromatic heterocycles. The van der Waals surface area contributed by atoms with Gasteiger partial charge in [-0.1, -0.05) is 40.9 Å². The third kappa shape index (κ3) is 2.70. The number of hydrogen-bond donors (Lipinski definition) is 1. The summed E-state index contributed by atoms with van der Waals surface area (Å²) in [5.74, 6) is 0.301. The quantitative estimate of drug-likeness (QED) is 0.441. The molecule has 3 heterocycles. The minimum Gasteiger partial charge on any atom is -0.317 e. The molecule has 6 heteroatoms. The molecule has 0 bridgehead atoms. The van der Waals surface area contributed by atoms with Crippen LogP contribution in [0.5, 0.6) is 0 Å². The fourth-order valence-corrected chi connectivity index (χ4v) is 3.24. The van der Waals surface area contributed by atoms with Crippen LogP contribution in [0.25, 0.3) is 16.7 Å². The molecule has 0 aliphatic carbocycles. The number of fused-ring (bicyclic) bond motifs is 2. The lowest BCUT2D eigenvalue weighted by molar-refractivity contribution is -0.649. The Kier molecular flexibility index (Phi) is 3.85. The average Bonchev–Trinajstić information content (AvgIpc) is 2.67. The van der Waals surface area contributed by atoms with Gasteiger partial charge in [-0.25, -0.2) is 4.57 Å². The van der Waals surface area contributed by atoms with E-state index in [9.17, 15) is 10.1 Å². The van der Waals surface area contributed by atoms with Crippen LogP contribution < -0.4 is 15.9 Å². The van der Waals surface area contributed by atoms with Crippen LogP contribution in [-0.4, -0.2) is 9.38 Å². The molecule has 0 aliphatic rings. The van der Waals surface area contributed by atoms with E-state index in [-0.39, 0.29) is 11.1 Å². The Morgan fingerprint density at radius 2 is 1.96 bits per heavy atom. The highest BCUT2D eigenvalue weighted by Gasteiger charge is 2.21. The van der Waals surface area contributed by atoms with Crippen LogP contribution in [-0.2, 0) is 6.54 Å². The van der Waals surface area contributed by atoms with Gasteiger partial charge in [0, 0.05) is 11.8 Å². The molecule has 4 aromatic rings. The predicted molar refractivity (Wildman–Crippen MR) is 103 cm³/mol. The normalized spacial score (nSPS) is 11.0. The van der Waals surface area contributed by atoms with Crippen molar-refractivity contribution in [1.29, 1.82) is 5.26 Å². The van der Waals surface area contributed by atoms with E-state index in [0.717, 1.165) is 16.7 Å². The van der Waals surface area contributed by atoms with Crippen LogP contribution in [0.3, 0.4) is 0 Å². The maximum Gasteiger partial charge on any atom is 0.278 e. The summed E-state index contributed by atoms with van der Waals surface area (Å²) >= 11 is 0. The maximum atomic E-state index is 13.0. The number of nitrogens with zero attached hydrogens (tertiary/aromatic N) is 4. The van der Waals surface area contributed by atoms with Gasteiger partial charge >= 0.3 is 0 Å². The van der Waals surface area contributed by atoms with Crippen molar-refractivity contribution in [2.75, 3.05) is 5.73 Å². The van der Waals surface area contributed by atoms with Crippen molar-refractivity contribution in [3.63, 3.8) is 0 Å². The summed E-state index contributed by atoms with van der Waals surface area (Å²) in [4.78, 5) is 17.8. The lowest BCUT2D eigenvalue weighted by Crippen LogP contribution is -2.41. The number of benzene rings is 1. The number of aromatic nitrogens is 3. The molecule has 2 N–H and O–H groups in total. The summed E-state index contributed by atoms with van der Waals surface area (Å²) in [6.45, 7) is 4.35. The largest absolute Gasteiger partial charge is 0.317 e. The van der Waals surface area contributed by atoms with E-state index in [1.165, 1.54) is 10.5 Å². The molecule has 0 radical (unpaired) electrons. The molecule has 0 saturated heterocycles. The highest BCUT2D eigenvalue weighted by molar-refractivity contribution is 5.77. The van der Waals surface area contributed by atoms with Gasteiger partial charge in [0.1, 0.15) is 17.0 Å². The van der Waals surface area contributed by atoms with Crippen LogP contribution in [0, 0.1) is 25.2 Å². The SMILES string of the molecule is Cc1ccc(C[n+]2c(N)c(C#N)cc3c(=O)n4cccc(C)c4nc32)cc1. The van der Waals surface area contributed by atoms with Crippen molar-refractivity contribution < 1.29 is 4.57 Å². The van der Waals surface area contributed by atoms with Crippen molar-refractivity contribution in [3.05, 3.63) is 81.3 Å². The molecule has 0 saturated carbocycles. The zero-order chi connectivity index (χ0) is 19.1. The van der Waals surface area contributed by atoms with Gasteiger partial charge in [0.05, 0.1) is 6.54 Å². The first-order valence-corrected chi connectivity index (χ1v) is 8.59. The summed E-state index contributed by atoms with van der Waals surface area (Å²) in [7, 11) is 0. The van der Waals surface area contributed by atoms with Crippen molar-refractivity contribution in [2.45, 2.75) is 20.4 Å². The van der Waals surface area contributed by atoms with Crippen LogP contribution in [0.2, 0.25) is 0 Å². The van der Waals surface area contributed by atoms with E-state index in [4.69, 9.17) is 10.7 Å². The number of aryl methyl sites for hydroxylation is 2. The third-order valence-corrected chi connectivity index (χ3v) is 4.76. The number of pyridine rings is 2. The molecule has 0 aliphatic heterocycles. The van der Waals surface area contributed by atoms with Gasteiger partial charge in [-0.05, 0) is 31.5 Å². The van der Waals surface area contributed by atoms with E-state index < -0.39 is 0 Å². The first-order valence-electron chi connectivity index (χ1n) is 8.59. The van der Waals surface area contributed by atoms with Gasteiger partial charge < -0.3 is 5.73 Å². The molecule has 0 spiro atoms. The zero-order valence-electron chi connectivity index (χ0n) is 15.1. The first kappa shape index (κ1) is 16.7. The Bertz CT molecular complexity index is 1300. The number of nitrogen functional groups attached to an aromatic ring is 1. The van der Waals surface area contributed by atoms with Crippen LogP contribution in [0.1, 0.15) is 22.3 Å². The lowest BCUT2D eigenvalue weighted by Gasteiger charge is -2.10. The Hall–Kier alpha value is -3.72. The lowest BCUT2D eigenvalue weighted by atomic mass is 10.1. The van der Waals surface area contributed by atoms with Gasteiger partial charge in [-0.2, -0.15) is 5.26 Å². The van der Waals surface area contributed by atoms with E-state index >= 15 is 0 Å². The van der Waals surface area contributed by atoms with E-state index in [1.807, 2.05) is 44.2 Å². The third-order valence-electron chi connectivity index (χ3n) is 4.76. The Labute approximate surface area is 155 Å². The molecule has 4 rings (SSSR count). The fourth-order valence-electron chi connectivity index (χ4n) is 3.24.